The molecule has 5 nitrogen and oxygen atoms in total. The zero-order chi connectivity index (χ0) is 15.2. The van der Waals surface area contributed by atoms with E-state index in [1.54, 1.807) is 42.5 Å². The highest BCUT2D eigenvalue weighted by molar-refractivity contribution is 6.33. The average Bonchev–Trinajstić information content (AvgIpc) is 2.48. The van der Waals surface area contributed by atoms with Gasteiger partial charge in [-0.05, 0) is 24.3 Å². The van der Waals surface area contributed by atoms with Crippen LogP contribution in [0.25, 0.3) is 0 Å². The summed E-state index contributed by atoms with van der Waals surface area (Å²) in [6, 6.07) is 11.9. The van der Waals surface area contributed by atoms with Gasteiger partial charge in [0.15, 0.2) is 18.1 Å². The van der Waals surface area contributed by atoms with Gasteiger partial charge in [-0.2, -0.15) is 0 Å². The lowest BCUT2D eigenvalue weighted by molar-refractivity contribution is -0.118. The molecule has 0 aromatic heterocycles. The fraction of sp³-hybridized carbons (Fsp3) is 0.133. The number of para-hydroxylation sites is 1. The first kappa shape index (κ1) is 15.0. The van der Waals surface area contributed by atoms with Gasteiger partial charge in [0.05, 0.1) is 17.8 Å². The molecule has 0 aliphatic rings. The summed E-state index contributed by atoms with van der Waals surface area (Å²) in [5.41, 5.74) is 6.74. The third-order valence-electron chi connectivity index (χ3n) is 2.69. The first-order chi connectivity index (χ1) is 10.1. The summed E-state index contributed by atoms with van der Waals surface area (Å²) in [7, 11) is 1.52. The second-order valence-corrected chi connectivity index (χ2v) is 4.63. The van der Waals surface area contributed by atoms with E-state index in [4.69, 9.17) is 26.8 Å². The summed E-state index contributed by atoms with van der Waals surface area (Å²) in [4.78, 5) is 11.9. The number of nitrogens with two attached hydrogens (primary N) is 1. The molecular weight excluding hydrogens is 292 g/mol. The largest absolute Gasteiger partial charge is 0.493 e. The van der Waals surface area contributed by atoms with Crippen molar-refractivity contribution in [3.05, 3.63) is 47.5 Å². The smallest absolute Gasteiger partial charge is 0.262 e. The summed E-state index contributed by atoms with van der Waals surface area (Å²) in [6.07, 6.45) is 0. The lowest BCUT2D eigenvalue weighted by Gasteiger charge is -2.11. The summed E-state index contributed by atoms with van der Waals surface area (Å²) < 4.78 is 10.6. The first-order valence-electron chi connectivity index (χ1n) is 6.21. The van der Waals surface area contributed by atoms with Gasteiger partial charge in [-0.25, -0.2) is 0 Å². The second-order valence-electron chi connectivity index (χ2n) is 4.23. The molecule has 0 saturated carbocycles. The van der Waals surface area contributed by atoms with Gasteiger partial charge in [0.1, 0.15) is 0 Å². The normalized spacial score (nSPS) is 10.0. The minimum atomic E-state index is -0.326. The van der Waals surface area contributed by atoms with E-state index in [1.165, 1.54) is 7.11 Å². The molecule has 6 heteroatoms. The van der Waals surface area contributed by atoms with Crippen molar-refractivity contribution >= 4 is 28.9 Å². The first-order valence-corrected chi connectivity index (χ1v) is 6.58. The Bertz CT molecular complexity index is 647. The van der Waals surface area contributed by atoms with Crippen molar-refractivity contribution in [3.8, 4) is 11.5 Å². The van der Waals surface area contributed by atoms with E-state index < -0.39 is 0 Å². The topological polar surface area (TPSA) is 73.6 Å². The average molecular weight is 307 g/mol. The Morgan fingerprint density at radius 2 is 2.00 bits per heavy atom. The highest BCUT2D eigenvalue weighted by Gasteiger charge is 2.09. The predicted octanol–water partition coefficient (Wildman–Crippen LogP) is 2.95. The molecule has 0 atom stereocenters. The quantitative estimate of drug-likeness (QED) is 0.833. The summed E-state index contributed by atoms with van der Waals surface area (Å²) in [5.74, 6) is 0.592. The van der Waals surface area contributed by atoms with E-state index in [1.807, 2.05) is 0 Å². The van der Waals surface area contributed by atoms with Gasteiger partial charge in [-0.15, -0.1) is 0 Å². The van der Waals surface area contributed by atoms with Gasteiger partial charge < -0.3 is 20.5 Å². The minimum absolute atomic E-state index is 0.176. The van der Waals surface area contributed by atoms with Crippen molar-refractivity contribution in [2.45, 2.75) is 0 Å². The maximum absolute atomic E-state index is 11.9. The zero-order valence-corrected chi connectivity index (χ0v) is 12.2. The maximum atomic E-state index is 11.9. The van der Waals surface area contributed by atoms with Crippen LogP contribution in [0.15, 0.2) is 42.5 Å². The lowest BCUT2D eigenvalue weighted by Crippen LogP contribution is -2.20. The molecule has 2 aromatic rings. The van der Waals surface area contributed by atoms with Crippen LogP contribution in [-0.4, -0.2) is 19.6 Å². The molecule has 0 aliphatic carbocycles. The van der Waals surface area contributed by atoms with Crippen LogP contribution in [-0.2, 0) is 4.79 Å². The Kier molecular flexibility index (Phi) is 4.90. The Balaban J connectivity index is 1.98. The fourth-order valence-electron chi connectivity index (χ4n) is 1.70. The van der Waals surface area contributed by atoms with Gasteiger partial charge in [0.25, 0.3) is 5.91 Å². The highest BCUT2D eigenvalue weighted by Crippen LogP contribution is 2.29. The van der Waals surface area contributed by atoms with Crippen molar-refractivity contribution in [3.63, 3.8) is 0 Å². The maximum Gasteiger partial charge on any atom is 0.262 e. The number of nitrogen functional groups attached to an aromatic ring is 1. The van der Waals surface area contributed by atoms with Gasteiger partial charge in [0.2, 0.25) is 0 Å². The van der Waals surface area contributed by atoms with Crippen molar-refractivity contribution in [1.82, 2.24) is 0 Å². The molecule has 1 amide bonds. The van der Waals surface area contributed by atoms with Crippen LogP contribution in [0.2, 0.25) is 5.02 Å². The molecule has 21 heavy (non-hydrogen) atoms. The van der Waals surface area contributed by atoms with Crippen LogP contribution in [0.5, 0.6) is 11.5 Å². The minimum Gasteiger partial charge on any atom is -0.493 e. The van der Waals surface area contributed by atoms with E-state index in [0.29, 0.717) is 27.9 Å². The third kappa shape index (κ3) is 4.03. The van der Waals surface area contributed by atoms with Crippen molar-refractivity contribution in [1.29, 1.82) is 0 Å². The standard InChI is InChI=1S/C15H15ClN2O3/c1-20-13-7-6-10(17)8-14(13)21-9-15(19)18-12-5-3-2-4-11(12)16/h2-8H,9,17H2,1H3,(H,18,19). The number of halogens is 1. The van der Waals surface area contributed by atoms with Crippen molar-refractivity contribution in [2.24, 2.45) is 0 Å². The molecule has 110 valence electrons. The number of hydrogen-bond acceptors (Lipinski definition) is 4. The monoisotopic (exact) mass is 306 g/mol. The number of carbonyl (C=O) groups excluding carboxylic acids is 1. The predicted molar refractivity (Wildman–Crippen MR) is 83.0 cm³/mol. The Morgan fingerprint density at radius 1 is 1.24 bits per heavy atom. The van der Waals surface area contributed by atoms with E-state index >= 15 is 0 Å². The van der Waals surface area contributed by atoms with Gasteiger partial charge in [0, 0.05) is 11.8 Å². The number of nitrogens with one attached hydrogen (secondary N) is 1. The van der Waals surface area contributed by atoms with Crippen LogP contribution in [0.3, 0.4) is 0 Å². The summed E-state index contributed by atoms with van der Waals surface area (Å²) >= 11 is 5.96. The molecule has 0 radical (unpaired) electrons. The number of methoxy groups -OCH3 is 1. The Hall–Kier alpha value is -2.40. The van der Waals surface area contributed by atoms with Crippen LogP contribution in [0, 0.1) is 0 Å². The van der Waals surface area contributed by atoms with Gasteiger partial charge in [-0.3, -0.25) is 4.79 Å². The number of ether oxygens (including phenoxy) is 2. The van der Waals surface area contributed by atoms with Crippen LogP contribution >= 0.6 is 11.6 Å². The van der Waals surface area contributed by atoms with Crippen LogP contribution < -0.4 is 20.5 Å². The molecule has 2 aromatic carbocycles. The number of hydrogen-bond donors (Lipinski definition) is 2. The molecular formula is C15H15ClN2O3. The molecule has 0 saturated heterocycles. The molecule has 3 N–H and O–H groups in total. The molecule has 0 aliphatic heterocycles. The van der Waals surface area contributed by atoms with Gasteiger partial charge in [-0.1, -0.05) is 23.7 Å². The van der Waals surface area contributed by atoms with Crippen LogP contribution in [0.1, 0.15) is 0 Å². The van der Waals surface area contributed by atoms with Crippen molar-refractivity contribution < 1.29 is 14.3 Å². The molecule has 0 fully saturated rings. The molecule has 0 unspecified atom stereocenters. The third-order valence-corrected chi connectivity index (χ3v) is 3.02. The number of benzene rings is 2. The van der Waals surface area contributed by atoms with Gasteiger partial charge >= 0.3 is 0 Å². The van der Waals surface area contributed by atoms with Crippen molar-refractivity contribution in [2.75, 3.05) is 24.8 Å². The zero-order valence-electron chi connectivity index (χ0n) is 11.4. The second kappa shape index (κ2) is 6.85. The summed E-state index contributed by atoms with van der Waals surface area (Å²) in [5, 5.41) is 3.13. The molecule has 2 rings (SSSR count). The number of rotatable bonds is 5. The molecule has 0 heterocycles. The highest BCUT2D eigenvalue weighted by atomic mass is 35.5. The molecule has 0 spiro atoms. The fourth-order valence-corrected chi connectivity index (χ4v) is 1.88. The van der Waals surface area contributed by atoms with E-state index in [-0.39, 0.29) is 12.5 Å². The van der Waals surface area contributed by atoms with E-state index in [2.05, 4.69) is 5.32 Å². The Morgan fingerprint density at radius 3 is 2.71 bits per heavy atom. The Labute approximate surface area is 127 Å². The number of anilines is 2. The van der Waals surface area contributed by atoms with E-state index in [9.17, 15) is 4.79 Å². The molecule has 0 bridgehead atoms. The SMILES string of the molecule is COc1ccc(N)cc1OCC(=O)Nc1ccccc1Cl. The lowest BCUT2D eigenvalue weighted by atomic mass is 10.3. The van der Waals surface area contributed by atoms with E-state index in [0.717, 1.165) is 0 Å². The summed E-state index contributed by atoms with van der Waals surface area (Å²) in [6.45, 7) is -0.176. The number of carbonyl (C=O) groups is 1. The van der Waals surface area contributed by atoms with Crippen LogP contribution in [0.4, 0.5) is 11.4 Å². The number of amides is 1.